The maximum absolute atomic E-state index is 9.15. The molecule has 0 radical (unpaired) electrons. The zero-order chi connectivity index (χ0) is 7.61. The Kier molecular flexibility index (Phi) is 4.37. The fourth-order valence-corrected chi connectivity index (χ4v) is 1.78. The van der Waals surface area contributed by atoms with Gasteiger partial charge in [-0.25, -0.2) is 0 Å². The van der Waals surface area contributed by atoms with Gasteiger partial charge in [0.25, 0.3) is 0 Å². The maximum atomic E-state index is 9.15. The summed E-state index contributed by atoms with van der Waals surface area (Å²) in [5.41, 5.74) is 0.125. The summed E-state index contributed by atoms with van der Waals surface area (Å²) in [6.45, 7) is 0.319. The van der Waals surface area contributed by atoms with Crippen LogP contribution in [0.1, 0.15) is 25.7 Å². The average Bonchev–Trinajstić information content (AvgIpc) is 2.35. The van der Waals surface area contributed by atoms with E-state index in [-0.39, 0.29) is 17.9 Å². The quantitative estimate of drug-likeness (QED) is 0.691. The van der Waals surface area contributed by atoms with Gasteiger partial charge in [-0.05, 0) is 26.9 Å². The number of hydrogen-bond acceptors (Lipinski definition) is 2. The molecule has 0 aliphatic heterocycles. The lowest BCUT2D eigenvalue weighted by Crippen LogP contribution is -2.44. The van der Waals surface area contributed by atoms with Gasteiger partial charge in [0.15, 0.2) is 0 Å². The highest BCUT2D eigenvalue weighted by molar-refractivity contribution is 5.85. The zero-order valence-electron chi connectivity index (χ0n) is 7.34. The van der Waals surface area contributed by atoms with Crippen molar-refractivity contribution in [2.24, 2.45) is 0 Å². The Balaban J connectivity index is 0.000001000. The monoisotopic (exact) mass is 179 g/mol. The van der Waals surface area contributed by atoms with Gasteiger partial charge in [0.1, 0.15) is 0 Å². The normalized spacial score (nSPS) is 21.8. The molecule has 1 fully saturated rings. The molecule has 0 saturated heterocycles. The molecule has 1 aliphatic rings. The van der Waals surface area contributed by atoms with Gasteiger partial charge in [-0.15, -0.1) is 12.4 Å². The Labute approximate surface area is 75.0 Å². The molecule has 1 N–H and O–H groups in total. The van der Waals surface area contributed by atoms with Crippen molar-refractivity contribution in [2.45, 2.75) is 31.2 Å². The minimum atomic E-state index is 0. The topological polar surface area (TPSA) is 23.5 Å². The van der Waals surface area contributed by atoms with Crippen LogP contribution >= 0.6 is 12.4 Å². The van der Waals surface area contributed by atoms with E-state index in [2.05, 4.69) is 19.0 Å². The third-order valence-electron chi connectivity index (χ3n) is 2.78. The summed E-state index contributed by atoms with van der Waals surface area (Å²) in [4.78, 5) is 2.17. The molecule has 0 aromatic heterocycles. The third-order valence-corrected chi connectivity index (χ3v) is 2.78. The summed E-state index contributed by atoms with van der Waals surface area (Å²) in [7, 11) is 4.11. The molecule has 68 valence electrons. The van der Waals surface area contributed by atoms with Gasteiger partial charge in [-0.3, -0.25) is 0 Å². The Morgan fingerprint density at radius 3 is 1.91 bits per heavy atom. The molecule has 0 aromatic carbocycles. The molecule has 0 spiro atoms. The second-order valence-corrected chi connectivity index (χ2v) is 3.48. The third kappa shape index (κ3) is 2.08. The van der Waals surface area contributed by atoms with Crippen molar-refractivity contribution in [2.75, 3.05) is 20.7 Å². The Hall–Kier alpha value is 0.210. The van der Waals surface area contributed by atoms with E-state index in [1.54, 1.807) is 0 Å². The van der Waals surface area contributed by atoms with Crippen molar-refractivity contribution >= 4 is 12.4 Å². The molecule has 0 aromatic rings. The van der Waals surface area contributed by atoms with Crippen LogP contribution < -0.4 is 0 Å². The van der Waals surface area contributed by atoms with Gasteiger partial charge in [0, 0.05) is 5.54 Å². The highest BCUT2D eigenvalue weighted by Crippen LogP contribution is 2.32. The summed E-state index contributed by atoms with van der Waals surface area (Å²) in [5.74, 6) is 0. The van der Waals surface area contributed by atoms with E-state index in [1.807, 2.05) is 0 Å². The highest BCUT2D eigenvalue weighted by atomic mass is 35.5. The van der Waals surface area contributed by atoms with Gasteiger partial charge in [-0.1, -0.05) is 12.8 Å². The largest absolute Gasteiger partial charge is 0.394 e. The number of aliphatic hydroxyl groups is 1. The predicted molar refractivity (Wildman–Crippen MR) is 49.2 cm³/mol. The van der Waals surface area contributed by atoms with E-state index in [9.17, 15) is 0 Å². The molecule has 0 atom stereocenters. The van der Waals surface area contributed by atoms with Gasteiger partial charge >= 0.3 is 0 Å². The summed E-state index contributed by atoms with van der Waals surface area (Å²) in [6, 6.07) is 0. The van der Waals surface area contributed by atoms with Crippen LogP contribution in [0.15, 0.2) is 0 Å². The lowest BCUT2D eigenvalue weighted by atomic mass is 9.98. The highest BCUT2D eigenvalue weighted by Gasteiger charge is 2.34. The van der Waals surface area contributed by atoms with Crippen LogP contribution in [0.4, 0.5) is 0 Å². The molecule has 0 unspecified atom stereocenters. The first-order valence-electron chi connectivity index (χ1n) is 3.99. The van der Waals surface area contributed by atoms with E-state index in [0.29, 0.717) is 6.61 Å². The van der Waals surface area contributed by atoms with E-state index in [1.165, 1.54) is 12.8 Å². The fraction of sp³-hybridized carbons (Fsp3) is 1.00. The van der Waals surface area contributed by atoms with E-state index in [4.69, 9.17) is 5.11 Å². The van der Waals surface area contributed by atoms with Gasteiger partial charge < -0.3 is 10.0 Å². The van der Waals surface area contributed by atoms with Crippen LogP contribution in [0.3, 0.4) is 0 Å². The number of halogens is 1. The van der Waals surface area contributed by atoms with Crippen molar-refractivity contribution in [1.82, 2.24) is 4.90 Å². The van der Waals surface area contributed by atoms with Crippen LogP contribution in [0.5, 0.6) is 0 Å². The van der Waals surface area contributed by atoms with Crippen molar-refractivity contribution in [1.29, 1.82) is 0 Å². The number of aliphatic hydroxyl groups excluding tert-OH is 1. The molecule has 2 nitrogen and oxygen atoms in total. The molecule has 1 rings (SSSR count). The van der Waals surface area contributed by atoms with Gasteiger partial charge in [0.05, 0.1) is 6.61 Å². The molecular formula is C8H18ClNO. The molecule has 1 saturated carbocycles. The number of nitrogens with zero attached hydrogens (tertiary/aromatic N) is 1. The van der Waals surface area contributed by atoms with E-state index < -0.39 is 0 Å². The summed E-state index contributed by atoms with van der Waals surface area (Å²) in [6.07, 6.45) is 4.88. The molecule has 11 heavy (non-hydrogen) atoms. The molecule has 0 bridgehead atoms. The first-order chi connectivity index (χ1) is 4.71. The van der Waals surface area contributed by atoms with E-state index >= 15 is 0 Å². The van der Waals surface area contributed by atoms with Crippen molar-refractivity contribution in [3.63, 3.8) is 0 Å². The van der Waals surface area contributed by atoms with Crippen molar-refractivity contribution in [3.8, 4) is 0 Å². The SMILES string of the molecule is CN(C)C1(CO)CCCC1.Cl. The maximum Gasteiger partial charge on any atom is 0.0615 e. The zero-order valence-corrected chi connectivity index (χ0v) is 8.15. The Morgan fingerprint density at radius 2 is 1.73 bits per heavy atom. The van der Waals surface area contributed by atoms with Gasteiger partial charge in [-0.2, -0.15) is 0 Å². The van der Waals surface area contributed by atoms with Crippen LogP contribution in [-0.2, 0) is 0 Å². The second kappa shape index (κ2) is 4.29. The molecule has 3 heteroatoms. The predicted octanol–water partition coefficient (Wildman–Crippen LogP) is 1.27. The van der Waals surface area contributed by atoms with Crippen molar-refractivity contribution in [3.05, 3.63) is 0 Å². The number of hydrogen-bond donors (Lipinski definition) is 1. The Bertz CT molecular complexity index is 111. The lowest BCUT2D eigenvalue weighted by molar-refractivity contribution is 0.0741. The molecular weight excluding hydrogens is 162 g/mol. The summed E-state index contributed by atoms with van der Waals surface area (Å²) >= 11 is 0. The Morgan fingerprint density at radius 1 is 1.27 bits per heavy atom. The van der Waals surface area contributed by atoms with Crippen molar-refractivity contribution < 1.29 is 5.11 Å². The molecule has 0 amide bonds. The van der Waals surface area contributed by atoms with Gasteiger partial charge in [0.2, 0.25) is 0 Å². The fourth-order valence-electron chi connectivity index (χ4n) is 1.78. The summed E-state index contributed by atoms with van der Waals surface area (Å²) < 4.78 is 0. The smallest absolute Gasteiger partial charge is 0.0615 e. The number of rotatable bonds is 2. The lowest BCUT2D eigenvalue weighted by Gasteiger charge is -2.34. The van der Waals surface area contributed by atoms with Crippen LogP contribution in [0.2, 0.25) is 0 Å². The van der Waals surface area contributed by atoms with E-state index in [0.717, 1.165) is 12.8 Å². The van der Waals surface area contributed by atoms with Crippen LogP contribution in [0.25, 0.3) is 0 Å². The number of likely N-dealkylation sites (N-methyl/N-ethyl adjacent to an activating group) is 1. The first-order valence-corrected chi connectivity index (χ1v) is 3.99. The standard InChI is InChI=1S/C8H17NO.ClH/c1-9(2)8(7-10)5-3-4-6-8;/h10H,3-7H2,1-2H3;1H. The average molecular weight is 180 g/mol. The molecule has 1 aliphatic carbocycles. The minimum Gasteiger partial charge on any atom is -0.394 e. The minimum absolute atomic E-state index is 0. The van der Waals surface area contributed by atoms with Crippen LogP contribution in [0, 0.1) is 0 Å². The first kappa shape index (κ1) is 11.2. The second-order valence-electron chi connectivity index (χ2n) is 3.48. The van der Waals surface area contributed by atoms with Crippen LogP contribution in [-0.4, -0.2) is 36.2 Å². The molecule has 0 heterocycles. The summed E-state index contributed by atoms with van der Waals surface area (Å²) in [5, 5.41) is 9.15.